The Labute approximate surface area is 141 Å². The first-order valence-electron chi connectivity index (χ1n) is 8.23. The van der Waals surface area contributed by atoms with Crippen LogP contribution < -0.4 is 0 Å². The van der Waals surface area contributed by atoms with E-state index in [0.29, 0.717) is 12.8 Å². The van der Waals surface area contributed by atoms with E-state index in [2.05, 4.69) is 0 Å². The van der Waals surface area contributed by atoms with E-state index in [1.807, 2.05) is 19.9 Å². The van der Waals surface area contributed by atoms with Crippen LogP contribution in [-0.2, 0) is 9.59 Å². The van der Waals surface area contributed by atoms with Crippen LogP contribution in [0.3, 0.4) is 0 Å². The van der Waals surface area contributed by atoms with Crippen LogP contribution in [0.5, 0.6) is 5.75 Å². The van der Waals surface area contributed by atoms with Gasteiger partial charge in [-0.25, -0.2) is 0 Å². The predicted molar refractivity (Wildman–Crippen MR) is 90.7 cm³/mol. The molecule has 0 radical (unpaired) electrons. The Morgan fingerprint density at radius 1 is 1.25 bits per heavy atom. The molecule has 126 valence electrons. The lowest BCUT2D eigenvalue weighted by molar-refractivity contribution is -0.158. The summed E-state index contributed by atoms with van der Waals surface area (Å²) in [6.45, 7) is 3.85. The molecule has 1 fully saturated rings. The van der Waals surface area contributed by atoms with E-state index >= 15 is 0 Å². The van der Waals surface area contributed by atoms with Gasteiger partial charge in [-0.2, -0.15) is 0 Å². The maximum absolute atomic E-state index is 13.1. The summed E-state index contributed by atoms with van der Waals surface area (Å²) in [5.74, 6) is -0.804. The minimum atomic E-state index is -1.54. The van der Waals surface area contributed by atoms with Gasteiger partial charge in [0.1, 0.15) is 16.8 Å². The average molecular weight is 326 g/mol. The highest BCUT2D eigenvalue weighted by Crippen LogP contribution is 2.54. The number of hydrogen-bond acceptors (Lipinski definition) is 4. The molecule has 1 aromatic carbocycles. The zero-order valence-electron chi connectivity index (χ0n) is 14.0. The molecule has 0 aliphatic heterocycles. The van der Waals surface area contributed by atoms with Crippen LogP contribution in [0.4, 0.5) is 0 Å². The summed E-state index contributed by atoms with van der Waals surface area (Å²) >= 11 is 0. The van der Waals surface area contributed by atoms with Crippen molar-refractivity contribution in [1.29, 1.82) is 0 Å². The number of carbonyl (C=O) groups excluding carboxylic acids is 2. The molecule has 0 saturated heterocycles. The van der Waals surface area contributed by atoms with Gasteiger partial charge in [0.15, 0.2) is 11.6 Å². The van der Waals surface area contributed by atoms with Crippen molar-refractivity contribution in [2.24, 2.45) is 5.41 Å². The van der Waals surface area contributed by atoms with Crippen LogP contribution in [0.25, 0.3) is 0 Å². The normalized spacial score (nSPS) is 31.9. The molecule has 1 saturated carbocycles. The minimum Gasteiger partial charge on any atom is -0.508 e. The Hall–Kier alpha value is -2.20. The summed E-state index contributed by atoms with van der Waals surface area (Å²) in [6, 6.07) is 6.65. The zero-order valence-corrected chi connectivity index (χ0v) is 14.0. The number of hydrogen-bond donors (Lipinski definition) is 2. The molecular weight excluding hydrogens is 304 g/mol. The standard InChI is InChI=1S/C20H22O4/c1-13(2)7-12-20-16(14-3-5-15(21)6-4-14)8-10-19(24,18(20)23)11-9-17(20)22/h3-7,9,11,16,21,24H,8,10,12H2,1-2H3/t16-,19-,20-/m0/s1. The monoisotopic (exact) mass is 326 g/mol. The number of rotatable bonds is 3. The van der Waals surface area contributed by atoms with Crippen LogP contribution >= 0.6 is 0 Å². The second-order valence-electron chi connectivity index (χ2n) is 7.09. The maximum atomic E-state index is 13.1. The van der Waals surface area contributed by atoms with E-state index in [1.54, 1.807) is 24.3 Å². The van der Waals surface area contributed by atoms with Crippen LogP contribution in [0.2, 0.25) is 0 Å². The molecular formula is C20H22O4. The van der Waals surface area contributed by atoms with E-state index in [0.717, 1.165) is 11.1 Å². The van der Waals surface area contributed by atoms with Gasteiger partial charge in [0, 0.05) is 5.92 Å². The molecule has 2 aliphatic rings. The van der Waals surface area contributed by atoms with Gasteiger partial charge >= 0.3 is 0 Å². The maximum Gasteiger partial charge on any atom is 0.183 e. The Kier molecular flexibility index (Phi) is 3.96. The molecule has 0 spiro atoms. The lowest BCUT2D eigenvalue weighted by Crippen LogP contribution is -2.60. The smallest absolute Gasteiger partial charge is 0.183 e. The van der Waals surface area contributed by atoms with Gasteiger partial charge in [0.25, 0.3) is 0 Å². The summed E-state index contributed by atoms with van der Waals surface area (Å²) in [6.07, 6.45) is 5.75. The molecule has 2 bridgehead atoms. The molecule has 3 atom stereocenters. The van der Waals surface area contributed by atoms with E-state index in [9.17, 15) is 19.8 Å². The quantitative estimate of drug-likeness (QED) is 0.661. The number of allylic oxidation sites excluding steroid dienone is 3. The van der Waals surface area contributed by atoms with Crippen molar-refractivity contribution in [1.82, 2.24) is 0 Å². The Balaban J connectivity index is 2.16. The number of carbonyl (C=O) groups is 2. The highest BCUT2D eigenvalue weighted by atomic mass is 16.3. The summed E-state index contributed by atoms with van der Waals surface area (Å²) in [5, 5.41) is 20.2. The largest absolute Gasteiger partial charge is 0.508 e. The molecule has 3 rings (SSSR count). The Morgan fingerprint density at radius 2 is 1.92 bits per heavy atom. The summed E-state index contributed by atoms with van der Waals surface area (Å²) < 4.78 is 0. The lowest BCUT2D eigenvalue weighted by Gasteiger charge is -2.48. The number of aromatic hydroxyl groups is 1. The first-order chi connectivity index (χ1) is 11.3. The molecule has 0 aromatic heterocycles. The van der Waals surface area contributed by atoms with Crippen molar-refractivity contribution in [3.8, 4) is 5.75 Å². The van der Waals surface area contributed by atoms with Crippen molar-refractivity contribution >= 4 is 11.6 Å². The third kappa shape index (κ3) is 2.42. The fourth-order valence-corrected chi connectivity index (χ4v) is 3.93. The van der Waals surface area contributed by atoms with Gasteiger partial charge in [-0.15, -0.1) is 0 Å². The third-order valence-electron chi connectivity index (χ3n) is 5.29. The topological polar surface area (TPSA) is 74.6 Å². The van der Waals surface area contributed by atoms with Gasteiger partial charge in [-0.1, -0.05) is 23.8 Å². The zero-order chi connectivity index (χ0) is 17.5. The highest BCUT2D eigenvalue weighted by molar-refractivity contribution is 6.19. The fraction of sp³-hybridized carbons (Fsp3) is 0.400. The van der Waals surface area contributed by atoms with E-state index < -0.39 is 16.8 Å². The number of Topliss-reactive ketones (excluding diaryl/α,β-unsaturated/α-hetero) is 1. The van der Waals surface area contributed by atoms with Gasteiger partial charge in [0.05, 0.1) is 0 Å². The predicted octanol–water partition coefficient (Wildman–Crippen LogP) is 3.05. The number of benzene rings is 1. The average Bonchev–Trinajstić information content (AvgIpc) is 2.54. The Bertz CT molecular complexity index is 739. The lowest BCUT2D eigenvalue weighted by atomic mass is 9.53. The van der Waals surface area contributed by atoms with E-state index in [1.165, 1.54) is 12.2 Å². The van der Waals surface area contributed by atoms with Crippen LogP contribution in [0.1, 0.15) is 44.6 Å². The van der Waals surface area contributed by atoms with Gasteiger partial charge < -0.3 is 10.2 Å². The number of phenols is 1. The van der Waals surface area contributed by atoms with Crippen molar-refractivity contribution in [2.75, 3.05) is 0 Å². The first kappa shape index (κ1) is 16.7. The second-order valence-corrected chi connectivity index (χ2v) is 7.09. The number of fused-ring (bicyclic) bond motifs is 2. The summed E-state index contributed by atoms with van der Waals surface area (Å²) in [7, 11) is 0. The molecule has 0 amide bonds. The summed E-state index contributed by atoms with van der Waals surface area (Å²) in [4.78, 5) is 26.0. The second kappa shape index (κ2) is 5.71. The molecule has 2 N–H and O–H groups in total. The molecule has 4 nitrogen and oxygen atoms in total. The van der Waals surface area contributed by atoms with Crippen molar-refractivity contribution in [3.05, 3.63) is 53.6 Å². The molecule has 1 aromatic rings. The number of ketones is 2. The molecule has 2 aliphatic carbocycles. The molecule has 0 heterocycles. The molecule has 0 unspecified atom stereocenters. The molecule has 24 heavy (non-hydrogen) atoms. The Morgan fingerprint density at radius 3 is 2.54 bits per heavy atom. The van der Waals surface area contributed by atoms with Crippen molar-refractivity contribution < 1.29 is 19.8 Å². The number of aliphatic hydroxyl groups is 1. The third-order valence-corrected chi connectivity index (χ3v) is 5.29. The first-order valence-corrected chi connectivity index (χ1v) is 8.23. The van der Waals surface area contributed by atoms with Gasteiger partial charge in [0.2, 0.25) is 0 Å². The van der Waals surface area contributed by atoms with E-state index in [4.69, 9.17) is 0 Å². The fourth-order valence-electron chi connectivity index (χ4n) is 3.93. The van der Waals surface area contributed by atoms with Crippen molar-refractivity contribution in [2.45, 2.75) is 44.6 Å². The van der Waals surface area contributed by atoms with Crippen molar-refractivity contribution in [3.63, 3.8) is 0 Å². The van der Waals surface area contributed by atoms with Crippen LogP contribution in [0.15, 0.2) is 48.1 Å². The number of phenolic OH excluding ortho intramolecular Hbond substituents is 1. The van der Waals surface area contributed by atoms with Gasteiger partial charge in [-0.3, -0.25) is 9.59 Å². The summed E-state index contributed by atoms with van der Waals surface area (Å²) in [5.41, 5.74) is -0.945. The molecule has 4 heteroatoms. The highest BCUT2D eigenvalue weighted by Gasteiger charge is 2.61. The van der Waals surface area contributed by atoms with E-state index in [-0.39, 0.29) is 23.9 Å². The van der Waals surface area contributed by atoms with Crippen LogP contribution in [-0.4, -0.2) is 27.4 Å². The van der Waals surface area contributed by atoms with Crippen LogP contribution in [0, 0.1) is 5.41 Å². The SMILES string of the molecule is CC(C)=CC[C@@]12C(=O)C=C[C@@](O)(CC[C@H]1c1ccc(O)cc1)C2=O. The van der Waals surface area contributed by atoms with Gasteiger partial charge in [-0.05, 0) is 63.0 Å². The minimum absolute atomic E-state index is 0.144.